The number of halogens is 3. The van der Waals surface area contributed by atoms with E-state index in [0.29, 0.717) is 18.2 Å². The molecule has 1 aromatic carbocycles. The summed E-state index contributed by atoms with van der Waals surface area (Å²) in [5.74, 6) is 1.49. The largest absolute Gasteiger partial charge is 0.490 e. The van der Waals surface area contributed by atoms with E-state index in [2.05, 4.69) is 43.3 Å². The average molecular weight is 439 g/mol. The number of benzene rings is 1. The van der Waals surface area contributed by atoms with Crippen LogP contribution in [-0.4, -0.2) is 13.2 Å². The van der Waals surface area contributed by atoms with Gasteiger partial charge >= 0.3 is 0 Å². The lowest BCUT2D eigenvalue weighted by molar-refractivity contribution is 0.297. The van der Waals surface area contributed by atoms with Gasteiger partial charge in [0.05, 0.1) is 21.8 Å². The van der Waals surface area contributed by atoms with Crippen molar-refractivity contribution in [1.29, 1.82) is 0 Å². The second-order valence-corrected chi connectivity index (χ2v) is 8.03. The lowest BCUT2D eigenvalue weighted by Crippen LogP contribution is -1.97. The summed E-state index contributed by atoms with van der Waals surface area (Å²) >= 11 is 15.2. The summed E-state index contributed by atoms with van der Waals surface area (Å²) in [7, 11) is 0. The Labute approximate surface area is 143 Å². The zero-order valence-corrected chi connectivity index (χ0v) is 15.1. The Balaban J connectivity index is 1.99. The molecule has 0 radical (unpaired) electrons. The van der Waals surface area contributed by atoms with Crippen LogP contribution in [0.25, 0.3) is 0 Å². The summed E-state index contributed by atoms with van der Waals surface area (Å²) in [5.41, 5.74) is 2.15. The van der Waals surface area contributed by atoms with Gasteiger partial charge in [-0.05, 0) is 44.6 Å². The molecular weight excluding hydrogens is 427 g/mol. The van der Waals surface area contributed by atoms with Crippen LogP contribution in [0.4, 0.5) is 0 Å². The molecule has 1 aliphatic heterocycles. The first-order chi connectivity index (χ1) is 9.65. The van der Waals surface area contributed by atoms with E-state index in [9.17, 15) is 0 Å². The molecule has 0 N–H and O–H groups in total. The first-order valence-electron chi connectivity index (χ1n) is 6.12. The predicted molar refractivity (Wildman–Crippen MR) is 89.8 cm³/mol. The Morgan fingerprint density at radius 1 is 1.15 bits per heavy atom. The van der Waals surface area contributed by atoms with E-state index in [1.807, 2.05) is 12.1 Å². The van der Waals surface area contributed by atoms with Gasteiger partial charge in [-0.2, -0.15) is 0 Å². The highest BCUT2D eigenvalue weighted by atomic mass is 79.9. The predicted octanol–water partition coefficient (Wildman–Crippen LogP) is 5.81. The first-order valence-corrected chi connectivity index (χ1v) is 9.09. The van der Waals surface area contributed by atoms with Crippen molar-refractivity contribution in [2.45, 2.75) is 11.2 Å². The van der Waals surface area contributed by atoms with Crippen molar-refractivity contribution in [1.82, 2.24) is 0 Å². The molecule has 2 heterocycles. The summed E-state index contributed by atoms with van der Waals surface area (Å²) in [4.78, 5) is 0.0368. The summed E-state index contributed by atoms with van der Waals surface area (Å²) in [6, 6.07) is 5.89. The number of hydrogen-bond acceptors (Lipinski definition) is 3. The second kappa shape index (κ2) is 6.26. The first kappa shape index (κ1) is 14.7. The molecule has 1 atom stereocenters. The summed E-state index contributed by atoms with van der Waals surface area (Å²) in [6.07, 6.45) is 0.886. The molecule has 0 spiro atoms. The molecule has 0 fully saturated rings. The normalized spacial score (nSPS) is 15.8. The van der Waals surface area contributed by atoms with Crippen molar-refractivity contribution in [3.8, 4) is 11.5 Å². The van der Waals surface area contributed by atoms with Gasteiger partial charge in [-0.1, -0.05) is 27.5 Å². The van der Waals surface area contributed by atoms with Crippen LogP contribution in [0, 0.1) is 0 Å². The molecule has 3 rings (SSSR count). The highest BCUT2D eigenvalue weighted by Crippen LogP contribution is 2.43. The average Bonchev–Trinajstić information content (AvgIpc) is 2.73. The number of ether oxygens (including phenoxy) is 2. The van der Waals surface area contributed by atoms with Gasteiger partial charge in [-0.3, -0.25) is 0 Å². The van der Waals surface area contributed by atoms with Crippen LogP contribution in [-0.2, 0) is 0 Å². The van der Waals surface area contributed by atoms with Crippen molar-refractivity contribution in [3.63, 3.8) is 0 Å². The zero-order valence-electron chi connectivity index (χ0n) is 10.4. The van der Waals surface area contributed by atoms with Crippen LogP contribution in [0.5, 0.6) is 11.5 Å². The summed E-state index contributed by atoms with van der Waals surface area (Å²) in [6.45, 7) is 1.34. The van der Waals surface area contributed by atoms with Gasteiger partial charge in [0, 0.05) is 17.5 Å². The molecule has 1 unspecified atom stereocenters. The molecule has 0 aliphatic carbocycles. The van der Waals surface area contributed by atoms with Crippen LogP contribution in [0.1, 0.15) is 22.4 Å². The van der Waals surface area contributed by atoms with Crippen molar-refractivity contribution < 1.29 is 9.47 Å². The number of rotatable bonds is 2. The lowest BCUT2D eigenvalue weighted by atomic mass is 10.1. The molecule has 106 valence electrons. The fraction of sp³-hybridized carbons (Fsp3) is 0.286. The molecule has 6 heteroatoms. The Bertz CT molecular complexity index is 630. The minimum Gasteiger partial charge on any atom is -0.490 e. The van der Waals surface area contributed by atoms with Crippen molar-refractivity contribution in [3.05, 3.63) is 43.5 Å². The number of thiophene rings is 1. The molecule has 0 saturated heterocycles. The second-order valence-electron chi connectivity index (χ2n) is 4.42. The van der Waals surface area contributed by atoms with Crippen LogP contribution in [0.2, 0.25) is 5.02 Å². The third kappa shape index (κ3) is 3.01. The molecular formula is C14H11Br2ClO2S. The molecule has 0 amide bonds. The van der Waals surface area contributed by atoms with E-state index in [0.717, 1.165) is 27.3 Å². The Hall–Kier alpha value is -0.230. The Kier molecular flexibility index (Phi) is 4.60. The van der Waals surface area contributed by atoms with Crippen molar-refractivity contribution in [2.24, 2.45) is 0 Å². The fourth-order valence-electron chi connectivity index (χ4n) is 2.03. The molecule has 20 heavy (non-hydrogen) atoms. The van der Waals surface area contributed by atoms with Gasteiger partial charge in [0.1, 0.15) is 0 Å². The van der Waals surface area contributed by atoms with Gasteiger partial charge < -0.3 is 9.47 Å². The smallest absolute Gasteiger partial charge is 0.162 e. The maximum absolute atomic E-state index is 6.39. The number of hydrogen-bond donors (Lipinski definition) is 0. The quantitative estimate of drug-likeness (QED) is 0.551. The molecule has 1 aliphatic rings. The van der Waals surface area contributed by atoms with Crippen molar-refractivity contribution in [2.75, 3.05) is 13.2 Å². The topological polar surface area (TPSA) is 18.5 Å². The minimum absolute atomic E-state index is 0.0368. The minimum atomic E-state index is 0.0368. The molecule has 0 saturated carbocycles. The van der Waals surface area contributed by atoms with E-state index in [1.54, 1.807) is 11.3 Å². The summed E-state index contributed by atoms with van der Waals surface area (Å²) in [5, 5.41) is 2.78. The number of alkyl halides is 1. The maximum atomic E-state index is 6.39. The van der Waals surface area contributed by atoms with E-state index in [4.69, 9.17) is 21.1 Å². The highest BCUT2D eigenvalue weighted by molar-refractivity contribution is 9.11. The third-order valence-corrected chi connectivity index (χ3v) is 5.89. The standard InChI is InChI=1S/C14H11Br2ClO2S/c15-13-4-8(7-20-13)14(16)9-5-11-12(6-10(9)17)19-3-1-2-18-11/h4-7,14H,1-3H2. The van der Waals surface area contributed by atoms with E-state index in [-0.39, 0.29) is 4.83 Å². The van der Waals surface area contributed by atoms with E-state index >= 15 is 0 Å². The highest BCUT2D eigenvalue weighted by Gasteiger charge is 2.20. The lowest BCUT2D eigenvalue weighted by Gasteiger charge is -2.15. The van der Waals surface area contributed by atoms with Gasteiger partial charge in [-0.25, -0.2) is 0 Å². The maximum Gasteiger partial charge on any atom is 0.162 e. The molecule has 0 bridgehead atoms. The molecule has 1 aromatic heterocycles. The van der Waals surface area contributed by atoms with Crippen LogP contribution in [0.3, 0.4) is 0 Å². The van der Waals surface area contributed by atoms with Gasteiger partial charge in [0.25, 0.3) is 0 Å². The van der Waals surface area contributed by atoms with E-state index < -0.39 is 0 Å². The van der Waals surface area contributed by atoms with E-state index in [1.165, 1.54) is 5.56 Å². The van der Waals surface area contributed by atoms with Crippen LogP contribution in [0.15, 0.2) is 27.4 Å². The monoisotopic (exact) mass is 436 g/mol. The Morgan fingerprint density at radius 3 is 2.50 bits per heavy atom. The van der Waals surface area contributed by atoms with Crippen LogP contribution < -0.4 is 9.47 Å². The zero-order chi connectivity index (χ0) is 14.1. The van der Waals surface area contributed by atoms with Gasteiger partial charge in [-0.15, -0.1) is 11.3 Å². The fourth-order valence-corrected chi connectivity index (χ4v) is 4.44. The molecule has 2 nitrogen and oxygen atoms in total. The number of fused-ring (bicyclic) bond motifs is 1. The molecule has 2 aromatic rings. The SMILES string of the molecule is Clc1cc2c(cc1C(Br)c1csc(Br)c1)OCCCO2. The summed E-state index contributed by atoms with van der Waals surface area (Å²) < 4.78 is 12.5. The third-order valence-electron chi connectivity index (χ3n) is 3.02. The Morgan fingerprint density at radius 2 is 1.85 bits per heavy atom. The van der Waals surface area contributed by atoms with Crippen molar-refractivity contribution >= 4 is 54.8 Å². The van der Waals surface area contributed by atoms with Crippen LogP contribution >= 0.6 is 54.8 Å². The van der Waals surface area contributed by atoms with Gasteiger partial charge in [0.2, 0.25) is 0 Å². The van der Waals surface area contributed by atoms with Gasteiger partial charge in [0.15, 0.2) is 11.5 Å².